The van der Waals surface area contributed by atoms with Crippen molar-refractivity contribution in [2.75, 3.05) is 26.2 Å². The average Bonchev–Trinajstić information content (AvgIpc) is 2.65. The molecule has 1 unspecified atom stereocenters. The SMILES string of the molecule is CC(O)O.CCc1ccc(C(c2ccc(F)cc2)N2CCNCC2)cc1. The monoisotopic (exact) mass is 360 g/mol. The summed E-state index contributed by atoms with van der Waals surface area (Å²) in [6, 6.07) is 16.0. The molecule has 26 heavy (non-hydrogen) atoms. The molecule has 5 heteroatoms. The van der Waals surface area contributed by atoms with Gasteiger partial charge in [-0.15, -0.1) is 0 Å². The first-order valence-electron chi connectivity index (χ1n) is 9.16. The van der Waals surface area contributed by atoms with Gasteiger partial charge in [-0.1, -0.05) is 43.3 Å². The van der Waals surface area contributed by atoms with Crippen LogP contribution in [0.5, 0.6) is 0 Å². The number of aliphatic hydroxyl groups excluding tert-OH is 1. The van der Waals surface area contributed by atoms with Crippen LogP contribution in [-0.2, 0) is 6.42 Å². The smallest absolute Gasteiger partial charge is 0.148 e. The Morgan fingerprint density at radius 2 is 1.42 bits per heavy atom. The van der Waals surface area contributed by atoms with Crippen LogP contribution >= 0.6 is 0 Å². The number of nitrogens with zero attached hydrogens (tertiary/aromatic N) is 1. The van der Waals surface area contributed by atoms with Crippen molar-refractivity contribution in [2.45, 2.75) is 32.6 Å². The van der Waals surface area contributed by atoms with Crippen LogP contribution < -0.4 is 5.32 Å². The van der Waals surface area contributed by atoms with E-state index in [0.717, 1.165) is 38.2 Å². The second kappa shape index (κ2) is 10.4. The standard InChI is InChI=1S/C19H23FN2.C2H6O2/c1-2-15-3-5-16(6-4-15)19(22-13-11-21-12-14-22)17-7-9-18(20)10-8-17;1-2(3)4/h3-10,19,21H,2,11-14H2,1H3;2-4H,1H3. The lowest BCUT2D eigenvalue weighted by molar-refractivity contribution is -0.0228. The van der Waals surface area contributed by atoms with E-state index in [4.69, 9.17) is 10.2 Å². The van der Waals surface area contributed by atoms with Crippen molar-refractivity contribution in [3.63, 3.8) is 0 Å². The zero-order valence-corrected chi connectivity index (χ0v) is 15.5. The summed E-state index contributed by atoms with van der Waals surface area (Å²) in [4.78, 5) is 2.48. The summed E-state index contributed by atoms with van der Waals surface area (Å²) in [5.74, 6) is -0.177. The summed E-state index contributed by atoms with van der Waals surface area (Å²) in [6.45, 7) is 7.48. The molecule has 0 aliphatic carbocycles. The van der Waals surface area contributed by atoms with Gasteiger partial charge >= 0.3 is 0 Å². The van der Waals surface area contributed by atoms with E-state index in [-0.39, 0.29) is 11.9 Å². The minimum absolute atomic E-state index is 0.177. The van der Waals surface area contributed by atoms with Crippen LogP contribution in [0.4, 0.5) is 4.39 Å². The summed E-state index contributed by atoms with van der Waals surface area (Å²) in [7, 11) is 0. The van der Waals surface area contributed by atoms with E-state index in [1.54, 1.807) is 12.1 Å². The fourth-order valence-corrected chi connectivity index (χ4v) is 3.14. The van der Waals surface area contributed by atoms with Gasteiger partial charge in [-0.05, 0) is 42.2 Å². The molecule has 0 spiro atoms. The van der Waals surface area contributed by atoms with Crippen molar-refractivity contribution in [2.24, 2.45) is 0 Å². The predicted molar refractivity (Wildman–Crippen MR) is 102 cm³/mol. The van der Waals surface area contributed by atoms with Crippen LogP contribution in [0.25, 0.3) is 0 Å². The van der Waals surface area contributed by atoms with E-state index < -0.39 is 6.29 Å². The summed E-state index contributed by atoms with van der Waals surface area (Å²) in [5.41, 5.74) is 3.79. The maximum Gasteiger partial charge on any atom is 0.148 e. The van der Waals surface area contributed by atoms with Crippen LogP contribution in [0.15, 0.2) is 48.5 Å². The second-order valence-corrected chi connectivity index (χ2v) is 6.47. The summed E-state index contributed by atoms with van der Waals surface area (Å²) in [5, 5.41) is 18.6. The first-order valence-corrected chi connectivity index (χ1v) is 9.16. The molecule has 0 bridgehead atoms. The Kier molecular flexibility index (Phi) is 8.19. The van der Waals surface area contributed by atoms with Gasteiger partial charge in [0.05, 0.1) is 6.04 Å². The van der Waals surface area contributed by atoms with E-state index in [9.17, 15) is 4.39 Å². The summed E-state index contributed by atoms with van der Waals surface area (Å²) < 4.78 is 13.3. The summed E-state index contributed by atoms with van der Waals surface area (Å²) in [6.07, 6.45) is -0.116. The third kappa shape index (κ3) is 6.18. The number of piperazine rings is 1. The van der Waals surface area contributed by atoms with E-state index >= 15 is 0 Å². The van der Waals surface area contributed by atoms with Crippen molar-refractivity contribution >= 4 is 0 Å². The molecular weight excluding hydrogens is 331 g/mol. The molecule has 1 aliphatic heterocycles. The Balaban J connectivity index is 0.000000552. The topological polar surface area (TPSA) is 55.7 Å². The summed E-state index contributed by atoms with van der Waals surface area (Å²) >= 11 is 0. The van der Waals surface area contributed by atoms with Crippen molar-refractivity contribution in [3.05, 3.63) is 71.0 Å². The van der Waals surface area contributed by atoms with Gasteiger partial charge in [0.15, 0.2) is 0 Å². The predicted octanol–water partition coefficient (Wildman–Crippen LogP) is 2.70. The number of halogens is 1. The molecule has 0 saturated carbocycles. The highest BCUT2D eigenvalue weighted by molar-refractivity contribution is 5.34. The second-order valence-electron chi connectivity index (χ2n) is 6.47. The molecule has 1 aliphatic rings. The van der Waals surface area contributed by atoms with E-state index in [1.807, 2.05) is 12.1 Å². The van der Waals surface area contributed by atoms with Crippen LogP contribution in [0.3, 0.4) is 0 Å². The molecular formula is C21H29FN2O2. The largest absolute Gasteiger partial charge is 0.368 e. The molecule has 142 valence electrons. The van der Waals surface area contributed by atoms with Gasteiger partial charge in [0, 0.05) is 26.2 Å². The molecule has 3 N–H and O–H groups in total. The zero-order valence-electron chi connectivity index (χ0n) is 15.5. The highest BCUT2D eigenvalue weighted by atomic mass is 19.1. The number of aryl methyl sites for hydroxylation is 1. The molecule has 1 atom stereocenters. The van der Waals surface area contributed by atoms with Crippen molar-refractivity contribution < 1.29 is 14.6 Å². The normalized spacial score (nSPS) is 16.1. The third-order valence-corrected chi connectivity index (χ3v) is 4.41. The Morgan fingerprint density at radius 1 is 0.962 bits per heavy atom. The molecule has 1 saturated heterocycles. The molecule has 2 aromatic carbocycles. The van der Waals surface area contributed by atoms with Crippen molar-refractivity contribution in [1.29, 1.82) is 0 Å². The molecule has 0 radical (unpaired) electrons. The fourth-order valence-electron chi connectivity index (χ4n) is 3.14. The van der Waals surface area contributed by atoms with E-state index in [2.05, 4.69) is 41.4 Å². The van der Waals surface area contributed by atoms with Gasteiger partial charge < -0.3 is 15.5 Å². The van der Waals surface area contributed by atoms with E-state index in [0.29, 0.717) is 0 Å². The molecule has 4 nitrogen and oxygen atoms in total. The van der Waals surface area contributed by atoms with E-state index in [1.165, 1.54) is 18.1 Å². The van der Waals surface area contributed by atoms with Crippen molar-refractivity contribution in [3.8, 4) is 0 Å². The van der Waals surface area contributed by atoms with Gasteiger partial charge in [0.25, 0.3) is 0 Å². The van der Waals surface area contributed by atoms with Crippen LogP contribution in [0, 0.1) is 5.82 Å². The Hall–Kier alpha value is -1.79. The fraction of sp³-hybridized carbons (Fsp3) is 0.429. The number of benzene rings is 2. The van der Waals surface area contributed by atoms with Crippen LogP contribution in [0.1, 0.15) is 36.6 Å². The molecule has 0 aromatic heterocycles. The van der Waals surface area contributed by atoms with Gasteiger partial charge in [0.1, 0.15) is 12.1 Å². The number of nitrogens with one attached hydrogen (secondary N) is 1. The number of hydrogen-bond donors (Lipinski definition) is 3. The highest BCUT2D eigenvalue weighted by Crippen LogP contribution is 2.29. The average molecular weight is 360 g/mol. The van der Waals surface area contributed by atoms with Gasteiger partial charge in [-0.2, -0.15) is 0 Å². The molecule has 1 heterocycles. The first-order chi connectivity index (χ1) is 12.5. The maximum absolute atomic E-state index is 13.3. The van der Waals surface area contributed by atoms with Gasteiger partial charge in [-0.25, -0.2) is 4.39 Å². The van der Waals surface area contributed by atoms with Gasteiger partial charge in [-0.3, -0.25) is 4.90 Å². The highest BCUT2D eigenvalue weighted by Gasteiger charge is 2.23. The molecule has 1 fully saturated rings. The lowest BCUT2D eigenvalue weighted by Crippen LogP contribution is -2.45. The lowest BCUT2D eigenvalue weighted by Gasteiger charge is -2.35. The lowest BCUT2D eigenvalue weighted by atomic mass is 9.95. The minimum atomic E-state index is -1.17. The minimum Gasteiger partial charge on any atom is -0.368 e. The van der Waals surface area contributed by atoms with Crippen LogP contribution in [-0.4, -0.2) is 47.6 Å². The Morgan fingerprint density at radius 3 is 1.88 bits per heavy atom. The van der Waals surface area contributed by atoms with Crippen LogP contribution in [0.2, 0.25) is 0 Å². The quantitative estimate of drug-likeness (QED) is 0.734. The Bertz CT molecular complexity index is 635. The number of aliphatic hydroxyl groups is 2. The molecule has 2 aromatic rings. The maximum atomic E-state index is 13.3. The Labute approximate surface area is 155 Å². The van der Waals surface area contributed by atoms with Gasteiger partial charge in [0.2, 0.25) is 0 Å². The third-order valence-electron chi connectivity index (χ3n) is 4.41. The number of rotatable bonds is 4. The molecule has 3 rings (SSSR count). The zero-order chi connectivity index (χ0) is 18.9. The molecule has 0 amide bonds. The first kappa shape index (κ1) is 20.5. The number of hydrogen-bond acceptors (Lipinski definition) is 4. The van der Waals surface area contributed by atoms with Crippen molar-refractivity contribution in [1.82, 2.24) is 10.2 Å².